The maximum absolute atomic E-state index is 6.01. The molecule has 1 heterocycles. The minimum absolute atomic E-state index is 0.617. The first-order valence-corrected chi connectivity index (χ1v) is 7.54. The monoisotopic (exact) mass is 267 g/mol. The molecule has 1 saturated carbocycles. The summed E-state index contributed by atoms with van der Waals surface area (Å²) < 4.78 is 6.01. The summed E-state index contributed by atoms with van der Waals surface area (Å²) in [5, 5.41) is 0. The van der Waals surface area contributed by atoms with Gasteiger partial charge in [-0.2, -0.15) is 0 Å². The van der Waals surface area contributed by atoms with Crippen LogP contribution in [0.2, 0.25) is 0 Å². The van der Waals surface area contributed by atoms with Crippen LogP contribution in [0.15, 0.2) is 48.8 Å². The lowest BCUT2D eigenvalue weighted by Gasteiger charge is -2.23. The van der Waals surface area contributed by atoms with Gasteiger partial charge in [0.25, 0.3) is 0 Å². The SMILES string of the molecule is c1ccc(COc2cnccc2C2CCCCC2)cc1. The maximum atomic E-state index is 6.01. The van der Waals surface area contributed by atoms with Crippen LogP contribution in [0.1, 0.15) is 49.1 Å². The van der Waals surface area contributed by atoms with Gasteiger partial charge in [-0.15, -0.1) is 0 Å². The second-order valence-electron chi connectivity index (χ2n) is 5.52. The fraction of sp³-hybridized carbons (Fsp3) is 0.389. The number of aromatic nitrogens is 1. The lowest BCUT2D eigenvalue weighted by molar-refractivity contribution is 0.296. The fourth-order valence-electron chi connectivity index (χ4n) is 3.00. The van der Waals surface area contributed by atoms with Crippen molar-refractivity contribution in [3.63, 3.8) is 0 Å². The van der Waals surface area contributed by atoms with Crippen molar-refractivity contribution < 1.29 is 4.74 Å². The molecule has 0 amide bonds. The molecule has 0 saturated heterocycles. The highest BCUT2D eigenvalue weighted by Crippen LogP contribution is 2.37. The topological polar surface area (TPSA) is 22.1 Å². The van der Waals surface area contributed by atoms with E-state index >= 15 is 0 Å². The maximum Gasteiger partial charge on any atom is 0.141 e. The summed E-state index contributed by atoms with van der Waals surface area (Å²) in [4.78, 5) is 4.23. The van der Waals surface area contributed by atoms with E-state index in [9.17, 15) is 0 Å². The summed E-state index contributed by atoms with van der Waals surface area (Å²) in [6.45, 7) is 0.617. The van der Waals surface area contributed by atoms with Crippen molar-refractivity contribution in [2.45, 2.75) is 44.6 Å². The molecule has 2 nitrogen and oxygen atoms in total. The first kappa shape index (κ1) is 13.2. The minimum Gasteiger partial charge on any atom is -0.487 e. The Morgan fingerprint density at radius 2 is 1.80 bits per heavy atom. The highest BCUT2D eigenvalue weighted by atomic mass is 16.5. The summed E-state index contributed by atoms with van der Waals surface area (Å²) in [5.41, 5.74) is 2.54. The van der Waals surface area contributed by atoms with Crippen molar-refractivity contribution in [3.05, 3.63) is 59.9 Å². The number of hydrogen-bond acceptors (Lipinski definition) is 2. The van der Waals surface area contributed by atoms with Gasteiger partial charge in [0.05, 0.1) is 6.20 Å². The number of nitrogens with zero attached hydrogens (tertiary/aromatic N) is 1. The predicted molar refractivity (Wildman–Crippen MR) is 80.8 cm³/mol. The van der Waals surface area contributed by atoms with Crippen LogP contribution >= 0.6 is 0 Å². The highest BCUT2D eigenvalue weighted by Gasteiger charge is 2.19. The Morgan fingerprint density at radius 1 is 1.00 bits per heavy atom. The van der Waals surface area contributed by atoms with Crippen LogP contribution in [-0.4, -0.2) is 4.98 Å². The minimum atomic E-state index is 0.617. The Hall–Kier alpha value is -1.83. The summed E-state index contributed by atoms with van der Waals surface area (Å²) in [7, 11) is 0. The Kier molecular flexibility index (Phi) is 4.32. The van der Waals surface area contributed by atoms with Crippen molar-refractivity contribution in [2.24, 2.45) is 0 Å². The van der Waals surface area contributed by atoms with Gasteiger partial charge in [-0.3, -0.25) is 4.98 Å². The molecule has 0 spiro atoms. The van der Waals surface area contributed by atoms with E-state index in [1.54, 1.807) is 0 Å². The van der Waals surface area contributed by atoms with Crippen molar-refractivity contribution in [1.82, 2.24) is 4.98 Å². The Morgan fingerprint density at radius 3 is 2.60 bits per heavy atom. The Balaban J connectivity index is 1.72. The molecule has 0 atom stereocenters. The summed E-state index contributed by atoms with van der Waals surface area (Å²) in [5.74, 6) is 1.61. The van der Waals surface area contributed by atoms with Crippen molar-refractivity contribution in [3.8, 4) is 5.75 Å². The van der Waals surface area contributed by atoms with Crippen molar-refractivity contribution in [2.75, 3.05) is 0 Å². The third-order valence-corrected chi connectivity index (χ3v) is 4.10. The average Bonchev–Trinajstić information content (AvgIpc) is 2.55. The highest BCUT2D eigenvalue weighted by molar-refractivity contribution is 5.33. The zero-order valence-electron chi connectivity index (χ0n) is 11.8. The van der Waals surface area contributed by atoms with E-state index in [4.69, 9.17) is 4.74 Å². The molecule has 1 aliphatic rings. The molecule has 1 aromatic heterocycles. The molecule has 0 N–H and O–H groups in total. The second kappa shape index (κ2) is 6.56. The van der Waals surface area contributed by atoms with E-state index in [-0.39, 0.29) is 0 Å². The molecule has 20 heavy (non-hydrogen) atoms. The van der Waals surface area contributed by atoms with Gasteiger partial charge >= 0.3 is 0 Å². The Labute approximate surface area is 120 Å². The van der Waals surface area contributed by atoms with Gasteiger partial charge in [-0.1, -0.05) is 49.6 Å². The summed E-state index contributed by atoms with van der Waals surface area (Å²) in [6, 6.07) is 12.4. The standard InChI is InChI=1S/C18H21NO/c1-3-7-15(8-4-1)14-20-18-13-19-12-11-17(18)16-9-5-2-6-10-16/h1,3-4,7-8,11-13,16H,2,5-6,9-10,14H2. The largest absolute Gasteiger partial charge is 0.487 e. The molecule has 1 aliphatic carbocycles. The molecular weight excluding hydrogens is 246 g/mol. The predicted octanol–water partition coefficient (Wildman–Crippen LogP) is 4.71. The normalized spacial score (nSPS) is 16.0. The molecule has 0 bridgehead atoms. The van der Waals surface area contributed by atoms with E-state index in [0.29, 0.717) is 12.5 Å². The number of hydrogen-bond donors (Lipinski definition) is 0. The molecule has 0 unspecified atom stereocenters. The molecule has 3 rings (SSSR count). The third kappa shape index (κ3) is 3.19. The first-order chi connectivity index (χ1) is 9.93. The summed E-state index contributed by atoms with van der Waals surface area (Å²) >= 11 is 0. The number of ether oxygens (including phenoxy) is 1. The van der Waals surface area contributed by atoms with Gasteiger partial charge in [-0.05, 0) is 30.4 Å². The summed E-state index contributed by atoms with van der Waals surface area (Å²) in [6.07, 6.45) is 10.4. The van der Waals surface area contributed by atoms with Gasteiger partial charge in [0.15, 0.2) is 0 Å². The molecule has 0 radical (unpaired) electrons. The average molecular weight is 267 g/mol. The van der Waals surface area contributed by atoms with E-state index in [2.05, 4.69) is 23.2 Å². The van der Waals surface area contributed by atoms with Crippen LogP contribution in [0.25, 0.3) is 0 Å². The second-order valence-corrected chi connectivity index (χ2v) is 5.52. The lowest BCUT2D eigenvalue weighted by Crippen LogP contribution is -2.07. The van der Waals surface area contributed by atoms with Crippen LogP contribution in [-0.2, 0) is 6.61 Å². The van der Waals surface area contributed by atoms with Crippen LogP contribution in [0.5, 0.6) is 5.75 Å². The molecule has 2 heteroatoms. The quantitative estimate of drug-likeness (QED) is 0.800. The van der Waals surface area contributed by atoms with E-state index < -0.39 is 0 Å². The van der Waals surface area contributed by atoms with Crippen LogP contribution < -0.4 is 4.74 Å². The number of benzene rings is 1. The number of pyridine rings is 1. The molecule has 1 aromatic carbocycles. The van der Waals surface area contributed by atoms with Crippen molar-refractivity contribution >= 4 is 0 Å². The van der Waals surface area contributed by atoms with Gasteiger partial charge in [0.2, 0.25) is 0 Å². The van der Waals surface area contributed by atoms with E-state index in [1.807, 2.05) is 30.6 Å². The number of rotatable bonds is 4. The van der Waals surface area contributed by atoms with Crippen molar-refractivity contribution in [1.29, 1.82) is 0 Å². The molecule has 2 aromatic rings. The van der Waals surface area contributed by atoms with E-state index in [0.717, 1.165) is 5.75 Å². The van der Waals surface area contributed by atoms with Gasteiger partial charge in [0.1, 0.15) is 12.4 Å². The zero-order valence-corrected chi connectivity index (χ0v) is 11.8. The van der Waals surface area contributed by atoms with Crippen LogP contribution in [0.3, 0.4) is 0 Å². The molecule has 1 fully saturated rings. The van der Waals surface area contributed by atoms with E-state index in [1.165, 1.54) is 43.2 Å². The molecule has 104 valence electrons. The molecular formula is C18H21NO. The third-order valence-electron chi connectivity index (χ3n) is 4.10. The lowest BCUT2D eigenvalue weighted by atomic mass is 9.84. The smallest absolute Gasteiger partial charge is 0.141 e. The van der Waals surface area contributed by atoms with Gasteiger partial charge in [0, 0.05) is 11.8 Å². The first-order valence-electron chi connectivity index (χ1n) is 7.54. The molecule has 0 aliphatic heterocycles. The fourth-order valence-corrected chi connectivity index (χ4v) is 3.00. The van der Waals surface area contributed by atoms with Gasteiger partial charge in [-0.25, -0.2) is 0 Å². The van der Waals surface area contributed by atoms with Crippen LogP contribution in [0, 0.1) is 0 Å². The van der Waals surface area contributed by atoms with Gasteiger partial charge < -0.3 is 4.74 Å². The Bertz CT molecular complexity index is 532. The van der Waals surface area contributed by atoms with Crippen LogP contribution in [0.4, 0.5) is 0 Å². The zero-order chi connectivity index (χ0) is 13.6.